The number of hydrogen-bond donors (Lipinski definition) is 4. The predicted molar refractivity (Wildman–Crippen MR) is 124 cm³/mol. The van der Waals surface area contributed by atoms with E-state index in [1.807, 2.05) is 0 Å². The lowest BCUT2D eigenvalue weighted by Gasteiger charge is -2.55. The topological polar surface area (TPSA) is 99.7 Å². The summed E-state index contributed by atoms with van der Waals surface area (Å²) in [5.74, 6) is -1.98. The number of fused-ring (bicyclic) bond motifs is 3. The van der Waals surface area contributed by atoms with Gasteiger partial charge in [-0.1, -0.05) is 0 Å². The molecule has 5 unspecified atom stereocenters. The van der Waals surface area contributed by atoms with Crippen LogP contribution < -0.4 is 16.0 Å². The van der Waals surface area contributed by atoms with Crippen LogP contribution in [0.4, 0.5) is 17.6 Å². The van der Waals surface area contributed by atoms with Crippen molar-refractivity contribution < 1.29 is 37.0 Å². The normalized spacial score (nSPS) is 41.1. The predicted octanol–water partition coefficient (Wildman–Crippen LogP) is 2.73. The van der Waals surface area contributed by atoms with E-state index in [1.165, 1.54) is 0 Å². The maximum Gasteiger partial charge on any atom is 0.393 e. The van der Waals surface area contributed by atoms with Crippen LogP contribution >= 0.6 is 11.6 Å². The molecule has 0 aromatic rings. The van der Waals surface area contributed by atoms with Crippen molar-refractivity contribution in [2.75, 3.05) is 19.7 Å². The van der Waals surface area contributed by atoms with Gasteiger partial charge < -0.3 is 25.8 Å². The van der Waals surface area contributed by atoms with Gasteiger partial charge in [-0.3, -0.25) is 9.59 Å². The van der Waals surface area contributed by atoms with E-state index >= 15 is 0 Å². The molecule has 0 aromatic carbocycles. The molecule has 6 atom stereocenters. The lowest BCUT2D eigenvalue weighted by molar-refractivity contribution is -0.179. The van der Waals surface area contributed by atoms with E-state index in [1.54, 1.807) is 0 Å². The van der Waals surface area contributed by atoms with Crippen molar-refractivity contribution in [3.63, 3.8) is 0 Å². The third-order valence-electron chi connectivity index (χ3n) is 8.76. The molecule has 206 valence electrons. The first-order valence-corrected chi connectivity index (χ1v) is 13.3. The molecule has 0 radical (unpaired) electrons. The SMILES string of the molecule is O=C(COC1CCC(Cl)C(F)C1)NC12CCC(C(=O)NCC3CCC(C(F)(F)F)CN3)(CC1)[C@H](O)C2. The van der Waals surface area contributed by atoms with Crippen LogP contribution in [0.25, 0.3) is 0 Å². The molecule has 2 amide bonds. The number of halogens is 5. The Labute approximate surface area is 213 Å². The van der Waals surface area contributed by atoms with Crippen molar-refractivity contribution in [3.8, 4) is 0 Å². The summed E-state index contributed by atoms with van der Waals surface area (Å²) in [6.07, 6.45) is -2.95. The maximum absolute atomic E-state index is 13.8. The first-order chi connectivity index (χ1) is 16.9. The first kappa shape index (κ1) is 27.9. The second-order valence-electron chi connectivity index (χ2n) is 11.1. The number of carbonyl (C=O) groups is 2. The molecule has 0 aromatic heterocycles. The van der Waals surface area contributed by atoms with E-state index in [0.29, 0.717) is 44.9 Å². The lowest BCUT2D eigenvalue weighted by Crippen LogP contribution is -2.66. The molecule has 1 saturated heterocycles. The molecule has 12 heteroatoms. The van der Waals surface area contributed by atoms with Gasteiger partial charge >= 0.3 is 6.18 Å². The summed E-state index contributed by atoms with van der Waals surface area (Å²) in [5.41, 5.74) is -1.57. The van der Waals surface area contributed by atoms with Crippen LogP contribution in [0, 0.1) is 11.3 Å². The van der Waals surface area contributed by atoms with Gasteiger partial charge in [0.15, 0.2) is 0 Å². The molecule has 4 N–H and O–H groups in total. The summed E-state index contributed by atoms with van der Waals surface area (Å²) < 4.78 is 57.9. The van der Waals surface area contributed by atoms with Crippen molar-refractivity contribution in [2.45, 2.75) is 106 Å². The number of aliphatic hydroxyl groups excluding tert-OH is 1. The molecule has 36 heavy (non-hydrogen) atoms. The molecule has 0 spiro atoms. The van der Waals surface area contributed by atoms with Crippen molar-refractivity contribution in [2.24, 2.45) is 11.3 Å². The molecule has 2 bridgehead atoms. The Morgan fingerprint density at radius 3 is 2.42 bits per heavy atom. The van der Waals surface area contributed by atoms with E-state index in [4.69, 9.17) is 16.3 Å². The molecule has 5 fully saturated rings. The Morgan fingerprint density at radius 2 is 1.83 bits per heavy atom. The van der Waals surface area contributed by atoms with Crippen molar-refractivity contribution in [3.05, 3.63) is 0 Å². The highest BCUT2D eigenvalue weighted by atomic mass is 35.5. The molecule has 7 nitrogen and oxygen atoms in total. The van der Waals surface area contributed by atoms with Crippen LogP contribution in [0.3, 0.4) is 0 Å². The van der Waals surface area contributed by atoms with E-state index < -0.39 is 40.7 Å². The van der Waals surface area contributed by atoms with Crippen LogP contribution in [0.2, 0.25) is 0 Å². The maximum atomic E-state index is 13.8. The van der Waals surface area contributed by atoms with Crippen molar-refractivity contribution in [1.82, 2.24) is 16.0 Å². The van der Waals surface area contributed by atoms with E-state index in [0.717, 1.165) is 0 Å². The molecule has 4 saturated carbocycles. The molecule has 1 heterocycles. The summed E-state index contributed by atoms with van der Waals surface area (Å²) in [6, 6.07) is -0.237. The highest BCUT2D eigenvalue weighted by Gasteiger charge is 2.58. The van der Waals surface area contributed by atoms with Gasteiger partial charge in [0.2, 0.25) is 11.8 Å². The minimum Gasteiger partial charge on any atom is -0.392 e. The van der Waals surface area contributed by atoms with Crippen molar-refractivity contribution >= 4 is 23.4 Å². The largest absolute Gasteiger partial charge is 0.393 e. The first-order valence-electron chi connectivity index (χ1n) is 12.9. The standard InChI is InChI=1S/C24H36ClF4N3O4/c25-17-4-3-16(9-18(17)26)36-13-20(34)32-22-5-7-23(8-6-22,19(33)10-22)21(35)31-12-15-2-1-14(11-30-15)24(27,28)29/h14-19,30,33H,1-13H2,(H,31,35)(H,32,34)/t14?,15?,16?,17?,18?,19-,22?,23?/m1/s1. The zero-order chi connectivity index (χ0) is 26.1. The van der Waals surface area contributed by atoms with Gasteiger partial charge in [-0.2, -0.15) is 13.2 Å². The molecular weight excluding hydrogens is 506 g/mol. The molecule has 5 aliphatic rings. The molecule has 4 aliphatic carbocycles. The van der Waals surface area contributed by atoms with Gasteiger partial charge in [0.25, 0.3) is 0 Å². The summed E-state index contributed by atoms with van der Waals surface area (Å²) >= 11 is 5.89. The summed E-state index contributed by atoms with van der Waals surface area (Å²) in [7, 11) is 0. The number of alkyl halides is 5. The summed E-state index contributed by atoms with van der Waals surface area (Å²) in [5, 5.41) is 19.1. The number of aliphatic hydroxyl groups is 1. The van der Waals surface area contributed by atoms with Crippen molar-refractivity contribution in [1.29, 1.82) is 0 Å². The Kier molecular flexibility index (Phi) is 8.44. The molecule has 1 aliphatic heterocycles. The average Bonchev–Trinajstić information content (AvgIpc) is 2.83. The van der Waals surface area contributed by atoms with E-state index in [9.17, 15) is 32.3 Å². The van der Waals surface area contributed by atoms with Crippen LogP contribution in [-0.2, 0) is 14.3 Å². The Hall–Kier alpha value is -1.17. The molecule has 5 rings (SSSR count). The highest BCUT2D eigenvalue weighted by molar-refractivity contribution is 6.21. The van der Waals surface area contributed by atoms with Gasteiger partial charge in [0.05, 0.1) is 28.9 Å². The zero-order valence-electron chi connectivity index (χ0n) is 20.2. The second kappa shape index (κ2) is 10.9. The minimum atomic E-state index is -4.22. The van der Waals surface area contributed by atoms with Gasteiger partial charge in [0, 0.05) is 31.1 Å². The summed E-state index contributed by atoms with van der Waals surface area (Å²) in [6.45, 7) is -0.147. The Balaban J connectivity index is 1.22. The zero-order valence-corrected chi connectivity index (χ0v) is 21.0. The smallest absolute Gasteiger partial charge is 0.392 e. The number of carbonyl (C=O) groups excluding carboxylic acids is 2. The Morgan fingerprint density at radius 1 is 1.11 bits per heavy atom. The Bertz CT molecular complexity index is 801. The number of hydrogen-bond acceptors (Lipinski definition) is 5. The molecular formula is C24H36ClF4N3O4. The van der Waals surface area contributed by atoms with Gasteiger partial charge in [-0.25, -0.2) is 4.39 Å². The van der Waals surface area contributed by atoms with Crippen LogP contribution in [-0.4, -0.2) is 78.1 Å². The van der Waals surface area contributed by atoms with Crippen LogP contribution in [0.15, 0.2) is 0 Å². The number of rotatable bonds is 7. The monoisotopic (exact) mass is 541 g/mol. The second-order valence-corrected chi connectivity index (χ2v) is 11.7. The number of nitrogens with one attached hydrogen (secondary N) is 3. The average molecular weight is 542 g/mol. The third-order valence-corrected chi connectivity index (χ3v) is 9.25. The number of ether oxygens (including phenoxy) is 1. The minimum absolute atomic E-state index is 0.0269. The fraction of sp³-hybridized carbons (Fsp3) is 0.917. The number of amides is 2. The van der Waals surface area contributed by atoms with E-state index in [-0.39, 0.29) is 62.9 Å². The van der Waals surface area contributed by atoms with E-state index in [2.05, 4.69) is 16.0 Å². The summed E-state index contributed by atoms with van der Waals surface area (Å²) in [4.78, 5) is 25.6. The fourth-order valence-electron chi connectivity index (χ4n) is 6.31. The quantitative estimate of drug-likeness (QED) is 0.293. The van der Waals surface area contributed by atoms with Gasteiger partial charge in [-0.05, 0) is 57.8 Å². The number of piperidine rings is 1. The lowest BCUT2D eigenvalue weighted by atomic mass is 9.55. The van der Waals surface area contributed by atoms with Crippen LogP contribution in [0.5, 0.6) is 0 Å². The van der Waals surface area contributed by atoms with Gasteiger partial charge in [-0.15, -0.1) is 11.6 Å². The van der Waals surface area contributed by atoms with Gasteiger partial charge in [0.1, 0.15) is 12.8 Å². The highest BCUT2D eigenvalue weighted by Crippen LogP contribution is 2.52. The fourth-order valence-corrected chi connectivity index (χ4v) is 6.54. The third kappa shape index (κ3) is 6.10. The van der Waals surface area contributed by atoms with Crippen LogP contribution in [0.1, 0.15) is 64.2 Å².